The molecule has 3 rings (SSSR count). The van der Waals surface area contributed by atoms with E-state index in [0.717, 1.165) is 16.7 Å². The highest BCUT2D eigenvalue weighted by Gasteiger charge is 2.20. The van der Waals surface area contributed by atoms with Crippen molar-refractivity contribution in [3.63, 3.8) is 0 Å². The Balaban J connectivity index is 2.37. The summed E-state index contributed by atoms with van der Waals surface area (Å²) >= 11 is 0. The summed E-state index contributed by atoms with van der Waals surface area (Å²) in [5, 5.41) is 0. The number of nitrogen functional groups attached to an aromatic ring is 2. The molecule has 128 valence electrons. The van der Waals surface area contributed by atoms with Crippen LogP contribution in [-0.4, -0.2) is 0 Å². The third kappa shape index (κ3) is 2.68. The van der Waals surface area contributed by atoms with Crippen molar-refractivity contribution in [3.05, 3.63) is 70.3 Å². The van der Waals surface area contributed by atoms with Gasteiger partial charge >= 0.3 is 0 Å². The van der Waals surface area contributed by atoms with Crippen LogP contribution in [0.3, 0.4) is 0 Å². The van der Waals surface area contributed by atoms with Gasteiger partial charge in [0.15, 0.2) is 0 Å². The van der Waals surface area contributed by atoms with E-state index in [2.05, 4.69) is 65.0 Å². The lowest BCUT2D eigenvalue weighted by Crippen LogP contribution is -2.06. The smallest absolute Gasteiger partial charge is 0.0636 e. The first kappa shape index (κ1) is 17.1. The zero-order valence-corrected chi connectivity index (χ0v) is 15.7. The number of hydrogen-bond donors (Lipinski definition) is 2. The second-order valence-corrected chi connectivity index (χ2v) is 6.89. The molecule has 3 aromatic carbocycles. The SMILES string of the molecule is Cc1ccccc1-c1c(C)c(C)c(-c2cccc(C)c2C)c(N)c1N. The molecular weight excluding hydrogens is 304 g/mol. The third-order valence-electron chi connectivity index (χ3n) is 5.43. The van der Waals surface area contributed by atoms with Gasteiger partial charge in [-0.05, 0) is 73.6 Å². The average Bonchev–Trinajstić information content (AvgIpc) is 2.59. The van der Waals surface area contributed by atoms with E-state index in [0.29, 0.717) is 11.4 Å². The van der Waals surface area contributed by atoms with Crippen molar-refractivity contribution in [1.82, 2.24) is 0 Å². The molecule has 0 aromatic heterocycles. The zero-order chi connectivity index (χ0) is 18.3. The van der Waals surface area contributed by atoms with Gasteiger partial charge in [-0.25, -0.2) is 0 Å². The molecule has 0 radical (unpaired) electrons. The highest BCUT2D eigenvalue weighted by molar-refractivity contribution is 5.98. The minimum Gasteiger partial charge on any atom is -0.397 e. The van der Waals surface area contributed by atoms with Gasteiger partial charge < -0.3 is 11.5 Å². The molecule has 2 heteroatoms. The predicted molar refractivity (Wildman–Crippen MR) is 110 cm³/mol. The molecule has 0 atom stereocenters. The van der Waals surface area contributed by atoms with Crippen molar-refractivity contribution >= 4 is 11.4 Å². The van der Waals surface area contributed by atoms with E-state index in [1.807, 2.05) is 12.1 Å². The van der Waals surface area contributed by atoms with Crippen LogP contribution in [0.25, 0.3) is 22.3 Å². The van der Waals surface area contributed by atoms with E-state index in [1.54, 1.807) is 0 Å². The van der Waals surface area contributed by atoms with E-state index >= 15 is 0 Å². The molecule has 3 aromatic rings. The Labute approximate surface area is 150 Å². The summed E-state index contributed by atoms with van der Waals surface area (Å²) in [6.07, 6.45) is 0. The molecule has 0 unspecified atom stereocenters. The Bertz CT molecular complexity index is 939. The average molecular weight is 330 g/mol. The molecule has 0 saturated carbocycles. The molecule has 0 fully saturated rings. The topological polar surface area (TPSA) is 52.0 Å². The second kappa shape index (κ2) is 6.29. The Kier molecular flexibility index (Phi) is 4.30. The highest BCUT2D eigenvalue weighted by atomic mass is 14.7. The minimum absolute atomic E-state index is 0.674. The van der Waals surface area contributed by atoms with Gasteiger partial charge in [-0.2, -0.15) is 0 Å². The van der Waals surface area contributed by atoms with Crippen LogP contribution in [0.2, 0.25) is 0 Å². The van der Waals surface area contributed by atoms with Crippen LogP contribution in [0.4, 0.5) is 11.4 Å². The fraction of sp³-hybridized carbons (Fsp3) is 0.217. The largest absolute Gasteiger partial charge is 0.397 e. The predicted octanol–water partition coefficient (Wildman–Crippen LogP) is 5.73. The molecule has 0 saturated heterocycles. The fourth-order valence-electron chi connectivity index (χ4n) is 3.62. The number of aryl methyl sites for hydroxylation is 2. The first-order valence-electron chi connectivity index (χ1n) is 8.65. The standard InChI is InChI=1S/C23H26N2/c1-13-10-8-12-19(15(13)3)21-17(5)16(4)20(22(24)23(21)25)18-11-7-6-9-14(18)2/h6-12H,24-25H2,1-5H3. The summed E-state index contributed by atoms with van der Waals surface area (Å²) in [6, 6.07) is 14.7. The zero-order valence-electron chi connectivity index (χ0n) is 15.7. The van der Waals surface area contributed by atoms with E-state index in [-0.39, 0.29) is 0 Å². The number of anilines is 2. The fourth-order valence-corrected chi connectivity index (χ4v) is 3.62. The highest BCUT2D eigenvalue weighted by Crippen LogP contribution is 2.44. The molecule has 2 nitrogen and oxygen atoms in total. The summed E-state index contributed by atoms with van der Waals surface area (Å²) in [5.41, 5.74) is 25.0. The van der Waals surface area contributed by atoms with Gasteiger partial charge in [-0.3, -0.25) is 0 Å². The maximum atomic E-state index is 6.57. The van der Waals surface area contributed by atoms with Gasteiger partial charge in [0.25, 0.3) is 0 Å². The maximum absolute atomic E-state index is 6.57. The van der Waals surface area contributed by atoms with Gasteiger partial charge in [0.05, 0.1) is 11.4 Å². The summed E-state index contributed by atoms with van der Waals surface area (Å²) in [4.78, 5) is 0. The second-order valence-electron chi connectivity index (χ2n) is 6.89. The van der Waals surface area contributed by atoms with E-state index in [4.69, 9.17) is 11.5 Å². The van der Waals surface area contributed by atoms with Crippen molar-refractivity contribution in [2.24, 2.45) is 0 Å². The van der Waals surface area contributed by atoms with Crippen molar-refractivity contribution in [3.8, 4) is 22.3 Å². The number of rotatable bonds is 2. The Morgan fingerprint density at radius 3 is 1.60 bits per heavy atom. The van der Waals surface area contributed by atoms with Gasteiger partial charge in [0.2, 0.25) is 0 Å². The number of hydrogen-bond acceptors (Lipinski definition) is 2. The third-order valence-corrected chi connectivity index (χ3v) is 5.43. The van der Waals surface area contributed by atoms with Crippen LogP contribution in [0.1, 0.15) is 27.8 Å². The van der Waals surface area contributed by atoms with Crippen LogP contribution in [0.5, 0.6) is 0 Å². The van der Waals surface area contributed by atoms with E-state index < -0.39 is 0 Å². The molecule has 0 aliphatic carbocycles. The van der Waals surface area contributed by atoms with Crippen molar-refractivity contribution < 1.29 is 0 Å². The first-order chi connectivity index (χ1) is 11.8. The summed E-state index contributed by atoms with van der Waals surface area (Å²) < 4.78 is 0. The Morgan fingerprint density at radius 1 is 0.520 bits per heavy atom. The number of benzene rings is 3. The maximum Gasteiger partial charge on any atom is 0.0636 e. The summed E-state index contributed by atoms with van der Waals surface area (Å²) in [7, 11) is 0. The van der Waals surface area contributed by atoms with Crippen LogP contribution in [0.15, 0.2) is 42.5 Å². The summed E-state index contributed by atoms with van der Waals surface area (Å²) in [6.45, 7) is 10.7. The lowest BCUT2D eigenvalue weighted by molar-refractivity contribution is 1.30. The van der Waals surface area contributed by atoms with Gasteiger partial charge in [0, 0.05) is 11.1 Å². The monoisotopic (exact) mass is 330 g/mol. The molecule has 4 N–H and O–H groups in total. The van der Waals surface area contributed by atoms with Crippen LogP contribution in [0, 0.1) is 34.6 Å². The summed E-state index contributed by atoms with van der Waals surface area (Å²) in [5.74, 6) is 0. The molecule has 0 amide bonds. The Morgan fingerprint density at radius 2 is 1.00 bits per heavy atom. The normalized spacial score (nSPS) is 10.9. The lowest BCUT2D eigenvalue weighted by atomic mass is 9.85. The van der Waals surface area contributed by atoms with Crippen LogP contribution < -0.4 is 11.5 Å². The van der Waals surface area contributed by atoms with Crippen molar-refractivity contribution in [2.75, 3.05) is 11.5 Å². The minimum atomic E-state index is 0.674. The van der Waals surface area contributed by atoms with Gasteiger partial charge in [-0.15, -0.1) is 0 Å². The van der Waals surface area contributed by atoms with Crippen molar-refractivity contribution in [2.45, 2.75) is 34.6 Å². The molecular formula is C23H26N2. The molecule has 0 aliphatic rings. The first-order valence-corrected chi connectivity index (χ1v) is 8.65. The molecule has 25 heavy (non-hydrogen) atoms. The van der Waals surface area contributed by atoms with Crippen molar-refractivity contribution in [1.29, 1.82) is 0 Å². The van der Waals surface area contributed by atoms with Gasteiger partial charge in [0.1, 0.15) is 0 Å². The van der Waals surface area contributed by atoms with Crippen LogP contribution in [-0.2, 0) is 0 Å². The number of nitrogens with two attached hydrogens (primary N) is 2. The Hall–Kier alpha value is -2.74. The lowest BCUT2D eigenvalue weighted by Gasteiger charge is -2.22. The van der Waals surface area contributed by atoms with E-state index in [1.165, 1.54) is 33.4 Å². The molecule has 0 heterocycles. The molecule has 0 bridgehead atoms. The molecule has 0 aliphatic heterocycles. The quantitative estimate of drug-likeness (QED) is 0.590. The van der Waals surface area contributed by atoms with Crippen LogP contribution >= 0.6 is 0 Å². The van der Waals surface area contributed by atoms with Gasteiger partial charge in [-0.1, -0.05) is 42.5 Å². The van der Waals surface area contributed by atoms with E-state index in [9.17, 15) is 0 Å². The molecule has 0 spiro atoms.